The molecule has 43 heavy (non-hydrogen) atoms. The van der Waals surface area contributed by atoms with Gasteiger partial charge in [-0.3, -0.25) is 14.4 Å². The Hall–Kier alpha value is -3.51. The van der Waals surface area contributed by atoms with Crippen molar-refractivity contribution in [3.63, 3.8) is 0 Å². The van der Waals surface area contributed by atoms with E-state index >= 15 is 4.39 Å². The molecule has 0 spiro atoms. The zero-order valence-corrected chi connectivity index (χ0v) is 25.5. The van der Waals surface area contributed by atoms with Crippen LogP contribution in [0.25, 0.3) is 0 Å². The molecule has 2 amide bonds. The van der Waals surface area contributed by atoms with Gasteiger partial charge in [0.1, 0.15) is 11.6 Å². The molecule has 3 fully saturated rings. The molecule has 1 heterocycles. The Kier molecular flexibility index (Phi) is 8.30. The molecule has 10 nitrogen and oxygen atoms in total. The van der Waals surface area contributed by atoms with E-state index in [-0.39, 0.29) is 29.9 Å². The SMILES string of the molecule is CCOC(=O)C12CCC(NC(=O)c3cc4c(cc3F)S(=O)(=O)C[C@H](N)C(=O)N4Cc3ccc(OC(C)C)cc3)(CC1)CC2. The maximum absolute atomic E-state index is 15.5. The molecular weight excluding hydrogens is 577 g/mol. The first-order valence-corrected chi connectivity index (χ1v) is 16.3. The lowest BCUT2D eigenvalue weighted by Crippen LogP contribution is -2.58. The molecule has 2 aromatic carbocycles. The van der Waals surface area contributed by atoms with Crippen molar-refractivity contribution in [1.82, 2.24) is 5.32 Å². The van der Waals surface area contributed by atoms with Gasteiger partial charge in [0.15, 0.2) is 9.84 Å². The average Bonchev–Trinajstić information content (AvgIpc) is 3.02. The van der Waals surface area contributed by atoms with Gasteiger partial charge in [0.05, 0.1) is 52.6 Å². The van der Waals surface area contributed by atoms with E-state index in [4.69, 9.17) is 15.2 Å². The van der Waals surface area contributed by atoms with Crippen LogP contribution >= 0.6 is 0 Å². The topological polar surface area (TPSA) is 145 Å². The zero-order valence-electron chi connectivity index (χ0n) is 24.7. The number of sulfone groups is 1. The molecule has 2 bridgehead atoms. The molecule has 1 aliphatic heterocycles. The fraction of sp³-hybridized carbons (Fsp3) is 0.516. The van der Waals surface area contributed by atoms with E-state index in [0.717, 1.165) is 12.1 Å². The summed E-state index contributed by atoms with van der Waals surface area (Å²) in [6, 6.07) is 7.54. The van der Waals surface area contributed by atoms with Crippen LogP contribution in [0.15, 0.2) is 41.3 Å². The monoisotopic (exact) mass is 615 g/mol. The number of hydrogen-bond acceptors (Lipinski definition) is 8. The number of rotatable bonds is 8. The molecule has 12 heteroatoms. The van der Waals surface area contributed by atoms with Gasteiger partial charge >= 0.3 is 5.97 Å². The Bertz CT molecular complexity index is 1520. The number of ether oxygens (including phenoxy) is 2. The van der Waals surface area contributed by atoms with Crippen molar-refractivity contribution >= 4 is 33.3 Å². The molecule has 3 aliphatic carbocycles. The lowest BCUT2D eigenvalue weighted by molar-refractivity contribution is -0.163. The summed E-state index contributed by atoms with van der Waals surface area (Å²) in [6.45, 7) is 5.82. The maximum Gasteiger partial charge on any atom is 0.312 e. The fourth-order valence-electron chi connectivity index (χ4n) is 6.46. The molecule has 3 N–H and O–H groups in total. The summed E-state index contributed by atoms with van der Waals surface area (Å²) in [5, 5.41) is 2.99. The van der Waals surface area contributed by atoms with Crippen molar-refractivity contribution in [3.05, 3.63) is 53.3 Å². The molecule has 1 atom stereocenters. The molecule has 3 saturated carbocycles. The van der Waals surface area contributed by atoms with Gasteiger partial charge in [0.2, 0.25) is 5.91 Å². The molecule has 0 radical (unpaired) electrons. The van der Waals surface area contributed by atoms with Gasteiger partial charge in [0.25, 0.3) is 5.91 Å². The van der Waals surface area contributed by atoms with Gasteiger partial charge in [-0.2, -0.15) is 0 Å². The highest BCUT2D eigenvalue weighted by Crippen LogP contribution is 2.53. The van der Waals surface area contributed by atoms with Crippen molar-refractivity contribution in [2.75, 3.05) is 17.3 Å². The number of amides is 2. The smallest absolute Gasteiger partial charge is 0.312 e. The number of carbonyl (C=O) groups excluding carboxylic acids is 3. The Labute approximate surface area is 251 Å². The van der Waals surface area contributed by atoms with E-state index in [2.05, 4.69) is 5.32 Å². The third-order valence-corrected chi connectivity index (χ3v) is 10.7. The molecule has 0 aromatic heterocycles. The van der Waals surface area contributed by atoms with Gasteiger partial charge < -0.3 is 25.4 Å². The van der Waals surface area contributed by atoms with Crippen molar-refractivity contribution in [2.24, 2.45) is 11.1 Å². The van der Waals surface area contributed by atoms with Gasteiger partial charge in [-0.1, -0.05) is 12.1 Å². The summed E-state index contributed by atoms with van der Waals surface area (Å²) in [6.07, 6.45) is 3.24. The number of hydrogen-bond donors (Lipinski definition) is 2. The molecule has 6 rings (SSSR count). The minimum atomic E-state index is -4.15. The second kappa shape index (κ2) is 11.5. The minimum Gasteiger partial charge on any atom is -0.491 e. The van der Waals surface area contributed by atoms with Crippen molar-refractivity contribution in [3.8, 4) is 5.75 Å². The van der Waals surface area contributed by atoms with E-state index in [9.17, 15) is 22.8 Å². The summed E-state index contributed by atoms with van der Waals surface area (Å²) in [5.41, 5.74) is 5.03. The number of esters is 1. The number of halogens is 1. The van der Waals surface area contributed by atoms with Crippen LogP contribution in [-0.4, -0.2) is 56.2 Å². The van der Waals surface area contributed by atoms with Gasteiger partial charge in [-0.05, 0) is 89.1 Å². The number of nitrogens with one attached hydrogen (secondary N) is 1. The van der Waals surface area contributed by atoms with Crippen LogP contribution in [0.3, 0.4) is 0 Å². The summed E-state index contributed by atoms with van der Waals surface area (Å²) in [4.78, 5) is 40.4. The Morgan fingerprint density at radius 2 is 1.72 bits per heavy atom. The lowest BCUT2D eigenvalue weighted by Gasteiger charge is -2.52. The van der Waals surface area contributed by atoms with Crippen LogP contribution in [-0.2, 0) is 30.7 Å². The highest BCUT2D eigenvalue weighted by Gasteiger charge is 2.54. The number of fused-ring (bicyclic) bond motifs is 4. The fourth-order valence-corrected chi connectivity index (χ4v) is 8.02. The van der Waals surface area contributed by atoms with Crippen molar-refractivity contribution in [1.29, 1.82) is 0 Å². The van der Waals surface area contributed by atoms with E-state index in [1.165, 1.54) is 4.90 Å². The average molecular weight is 616 g/mol. The quantitative estimate of drug-likeness (QED) is 0.428. The highest BCUT2D eigenvalue weighted by atomic mass is 32.2. The van der Waals surface area contributed by atoms with E-state index in [0.29, 0.717) is 56.4 Å². The van der Waals surface area contributed by atoms with Crippen molar-refractivity contribution < 1.29 is 36.7 Å². The summed E-state index contributed by atoms with van der Waals surface area (Å²) >= 11 is 0. The predicted octanol–water partition coefficient (Wildman–Crippen LogP) is 3.65. The molecule has 4 aliphatic rings. The molecular formula is C31H38FN3O7S. The van der Waals surface area contributed by atoms with Crippen molar-refractivity contribution in [2.45, 2.75) is 88.4 Å². The van der Waals surface area contributed by atoms with Gasteiger partial charge in [0, 0.05) is 5.54 Å². The summed E-state index contributed by atoms with van der Waals surface area (Å²) < 4.78 is 52.9. The molecule has 2 aromatic rings. The largest absolute Gasteiger partial charge is 0.491 e. The number of anilines is 1. The minimum absolute atomic E-state index is 0.0329. The normalized spacial score (nSPS) is 26.0. The van der Waals surface area contributed by atoms with Gasteiger partial charge in [-0.15, -0.1) is 0 Å². The van der Waals surface area contributed by atoms with Crippen LogP contribution in [0, 0.1) is 11.2 Å². The number of carbonyl (C=O) groups is 3. The molecule has 0 saturated heterocycles. The summed E-state index contributed by atoms with van der Waals surface area (Å²) in [7, 11) is -4.15. The van der Waals surface area contributed by atoms with Crippen LogP contribution in [0.4, 0.5) is 10.1 Å². The van der Waals surface area contributed by atoms with Crippen LogP contribution in [0.5, 0.6) is 5.75 Å². The van der Waals surface area contributed by atoms with Gasteiger partial charge in [-0.25, -0.2) is 12.8 Å². The Morgan fingerprint density at radius 3 is 2.30 bits per heavy atom. The van der Waals surface area contributed by atoms with Crippen LogP contribution in [0.2, 0.25) is 0 Å². The number of benzene rings is 2. The van der Waals surface area contributed by atoms with E-state index in [1.807, 2.05) is 13.8 Å². The highest BCUT2D eigenvalue weighted by molar-refractivity contribution is 7.91. The third-order valence-electron chi connectivity index (χ3n) is 8.87. The number of nitrogens with two attached hydrogens (primary N) is 1. The van der Waals surface area contributed by atoms with E-state index in [1.54, 1.807) is 31.2 Å². The maximum atomic E-state index is 15.5. The second-order valence-corrected chi connectivity index (χ2v) is 14.2. The zero-order chi connectivity index (χ0) is 31.2. The van der Waals surface area contributed by atoms with Crippen LogP contribution < -0.4 is 20.7 Å². The van der Waals surface area contributed by atoms with Crippen LogP contribution in [0.1, 0.15) is 75.2 Å². The predicted molar refractivity (Wildman–Crippen MR) is 157 cm³/mol. The first-order valence-electron chi connectivity index (χ1n) is 14.7. The standard InChI is InChI=1S/C31H38FN3O7S/c1-4-41-29(38)30-9-12-31(13-10-30,14-11-30)34-27(36)22-15-25-26(16-23(22)32)43(39,40)18-24(33)28(37)35(25)17-20-5-7-21(8-6-20)42-19(2)3/h5-8,15-16,19,24H,4,9-14,17-18,33H2,1-3H3,(H,34,36)/t24-,30?,31?/m0/s1. The first-order chi connectivity index (χ1) is 20.3. The first kappa shape index (κ1) is 30.9. The molecule has 232 valence electrons. The number of nitrogens with zero attached hydrogens (tertiary/aromatic N) is 1. The lowest BCUT2D eigenvalue weighted by atomic mass is 9.57. The Morgan fingerprint density at radius 1 is 1.09 bits per heavy atom. The Balaban J connectivity index is 1.45. The third kappa shape index (κ3) is 5.99. The summed E-state index contributed by atoms with van der Waals surface area (Å²) in [5.74, 6) is -2.65. The second-order valence-electron chi connectivity index (χ2n) is 12.2. The van der Waals surface area contributed by atoms with E-state index < -0.39 is 55.1 Å². The molecule has 0 unspecified atom stereocenters.